The van der Waals surface area contributed by atoms with Gasteiger partial charge in [-0.3, -0.25) is 4.79 Å². The van der Waals surface area contributed by atoms with E-state index in [2.05, 4.69) is 10.0 Å². The summed E-state index contributed by atoms with van der Waals surface area (Å²) < 4.78 is 31.9. The lowest BCUT2D eigenvalue weighted by Gasteiger charge is -2.10. The van der Waals surface area contributed by atoms with Crippen molar-refractivity contribution >= 4 is 15.9 Å². The van der Waals surface area contributed by atoms with E-state index in [4.69, 9.17) is 4.42 Å². The van der Waals surface area contributed by atoms with Crippen LogP contribution in [0, 0.1) is 13.8 Å². The van der Waals surface area contributed by atoms with Gasteiger partial charge in [0.05, 0.1) is 11.2 Å². The quantitative estimate of drug-likeness (QED) is 0.791. The van der Waals surface area contributed by atoms with Crippen LogP contribution < -0.4 is 10.0 Å². The lowest BCUT2D eigenvalue weighted by atomic mass is 10.2. The number of aryl methyl sites for hydroxylation is 2. The Hall–Kier alpha value is -2.12. The molecule has 1 amide bonds. The van der Waals surface area contributed by atoms with Crippen LogP contribution >= 0.6 is 0 Å². The van der Waals surface area contributed by atoms with Gasteiger partial charge >= 0.3 is 0 Å². The molecular formula is C15H18N2O4S. The Kier molecular flexibility index (Phi) is 4.99. The second-order valence-corrected chi connectivity index (χ2v) is 6.64. The fourth-order valence-corrected chi connectivity index (χ4v) is 3.29. The van der Waals surface area contributed by atoms with Crippen LogP contribution in [0.15, 0.2) is 45.9 Å². The van der Waals surface area contributed by atoms with Crippen molar-refractivity contribution in [2.45, 2.75) is 18.7 Å². The van der Waals surface area contributed by atoms with E-state index in [1.165, 1.54) is 12.3 Å². The van der Waals surface area contributed by atoms with Gasteiger partial charge in [-0.1, -0.05) is 12.1 Å². The van der Waals surface area contributed by atoms with Gasteiger partial charge < -0.3 is 9.73 Å². The smallest absolute Gasteiger partial charge is 0.287 e. The number of hydrogen-bond donors (Lipinski definition) is 2. The summed E-state index contributed by atoms with van der Waals surface area (Å²) in [7, 11) is -3.59. The second kappa shape index (κ2) is 6.76. The van der Waals surface area contributed by atoms with E-state index in [0.717, 1.165) is 5.56 Å². The van der Waals surface area contributed by atoms with E-state index in [1.54, 1.807) is 25.1 Å². The first-order valence-electron chi connectivity index (χ1n) is 6.79. The Bertz CT molecular complexity index is 752. The normalized spacial score (nSPS) is 11.4. The van der Waals surface area contributed by atoms with Gasteiger partial charge in [0.25, 0.3) is 5.91 Å². The van der Waals surface area contributed by atoms with Crippen molar-refractivity contribution in [3.05, 3.63) is 53.5 Å². The summed E-state index contributed by atoms with van der Waals surface area (Å²) in [6.07, 6.45) is 1.40. The molecule has 2 N–H and O–H groups in total. The Labute approximate surface area is 129 Å². The van der Waals surface area contributed by atoms with E-state index >= 15 is 0 Å². The summed E-state index contributed by atoms with van der Waals surface area (Å²) in [5.41, 5.74) is 1.55. The van der Waals surface area contributed by atoms with Crippen LogP contribution in [0.1, 0.15) is 21.7 Å². The molecule has 1 aromatic carbocycles. The zero-order chi connectivity index (χ0) is 16.2. The molecule has 22 heavy (non-hydrogen) atoms. The SMILES string of the molecule is Cc1ccc(C)c(S(=O)(=O)NCCNC(=O)c2ccco2)c1. The van der Waals surface area contributed by atoms with Gasteiger partial charge in [0, 0.05) is 13.1 Å². The van der Waals surface area contributed by atoms with Crippen molar-refractivity contribution in [1.29, 1.82) is 0 Å². The molecule has 118 valence electrons. The third-order valence-corrected chi connectivity index (χ3v) is 4.68. The molecule has 0 saturated carbocycles. The van der Waals surface area contributed by atoms with Crippen LogP contribution in [0.3, 0.4) is 0 Å². The van der Waals surface area contributed by atoms with Crippen LogP contribution in [-0.4, -0.2) is 27.4 Å². The maximum Gasteiger partial charge on any atom is 0.287 e. The van der Waals surface area contributed by atoms with E-state index in [1.807, 2.05) is 13.0 Å². The molecule has 0 bridgehead atoms. The Morgan fingerprint density at radius 3 is 2.64 bits per heavy atom. The Morgan fingerprint density at radius 1 is 1.18 bits per heavy atom. The fraction of sp³-hybridized carbons (Fsp3) is 0.267. The van der Waals surface area contributed by atoms with Crippen molar-refractivity contribution in [3.63, 3.8) is 0 Å². The summed E-state index contributed by atoms with van der Waals surface area (Å²) in [5, 5.41) is 2.58. The largest absolute Gasteiger partial charge is 0.459 e. The molecule has 0 saturated heterocycles. The zero-order valence-electron chi connectivity index (χ0n) is 12.4. The van der Waals surface area contributed by atoms with Gasteiger partial charge in [0.2, 0.25) is 10.0 Å². The number of carbonyl (C=O) groups is 1. The molecule has 0 radical (unpaired) electrons. The van der Waals surface area contributed by atoms with Crippen LogP contribution in [0.4, 0.5) is 0 Å². The van der Waals surface area contributed by atoms with Gasteiger partial charge in [-0.25, -0.2) is 13.1 Å². The highest BCUT2D eigenvalue weighted by Gasteiger charge is 2.16. The van der Waals surface area contributed by atoms with Crippen LogP contribution in [0.5, 0.6) is 0 Å². The summed E-state index contributed by atoms with van der Waals surface area (Å²) in [5.74, 6) is -0.187. The predicted molar refractivity (Wildman–Crippen MR) is 82.1 cm³/mol. The minimum Gasteiger partial charge on any atom is -0.459 e. The van der Waals surface area contributed by atoms with E-state index in [9.17, 15) is 13.2 Å². The number of sulfonamides is 1. The maximum atomic E-state index is 12.2. The van der Waals surface area contributed by atoms with E-state index in [-0.39, 0.29) is 29.7 Å². The third kappa shape index (κ3) is 3.96. The number of benzene rings is 1. The molecule has 0 aliphatic rings. The Balaban J connectivity index is 1.90. The second-order valence-electron chi connectivity index (χ2n) is 4.90. The molecule has 0 unspecified atom stereocenters. The average Bonchev–Trinajstić information content (AvgIpc) is 3.00. The monoisotopic (exact) mass is 322 g/mol. The lowest BCUT2D eigenvalue weighted by molar-refractivity contribution is 0.0926. The van der Waals surface area contributed by atoms with Gasteiger partial charge in [-0.05, 0) is 43.2 Å². The highest BCUT2D eigenvalue weighted by Crippen LogP contribution is 2.16. The molecule has 0 spiro atoms. The van der Waals surface area contributed by atoms with Gasteiger partial charge in [0.15, 0.2) is 5.76 Å². The minimum absolute atomic E-state index is 0.0994. The lowest BCUT2D eigenvalue weighted by Crippen LogP contribution is -2.34. The molecule has 2 rings (SSSR count). The first-order chi connectivity index (χ1) is 10.4. The van der Waals surface area contributed by atoms with E-state index < -0.39 is 10.0 Å². The van der Waals surface area contributed by atoms with Crippen LogP contribution in [0.2, 0.25) is 0 Å². The van der Waals surface area contributed by atoms with Crippen LogP contribution in [0.25, 0.3) is 0 Å². The molecule has 1 heterocycles. The highest BCUT2D eigenvalue weighted by molar-refractivity contribution is 7.89. The topological polar surface area (TPSA) is 88.4 Å². The predicted octanol–water partition coefficient (Wildman–Crippen LogP) is 1.60. The molecule has 2 aromatic rings. The van der Waals surface area contributed by atoms with Crippen molar-refractivity contribution in [3.8, 4) is 0 Å². The van der Waals surface area contributed by atoms with Gasteiger partial charge in [-0.2, -0.15) is 0 Å². The van der Waals surface area contributed by atoms with Crippen molar-refractivity contribution in [2.75, 3.05) is 13.1 Å². The molecule has 7 heteroatoms. The number of furan rings is 1. The van der Waals surface area contributed by atoms with Gasteiger partial charge in [-0.15, -0.1) is 0 Å². The highest BCUT2D eigenvalue weighted by atomic mass is 32.2. The molecule has 1 aromatic heterocycles. The van der Waals surface area contributed by atoms with E-state index in [0.29, 0.717) is 5.56 Å². The number of carbonyl (C=O) groups excluding carboxylic acids is 1. The first kappa shape index (κ1) is 16.3. The summed E-state index contributed by atoms with van der Waals surface area (Å²) >= 11 is 0. The van der Waals surface area contributed by atoms with Gasteiger partial charge in [0.1, 0.15) is 0 Å². The standard InChI is InChI=1S/C15H18N2O4S/c1-11-5-6-12(2)14(10-11)22(19,20)17-8-7-16-15(18)13-4-3-9-21-13/h3-6,9-10,17H,7-8H2,1-2H3,(H,16,18). The van der Waals surface area contributed by atoms with Crippen molar-refractivity contribution in [1.82, 2.24) is 10.0 Å². The van der Waals surface area contributed by atoms with Crippen LogP contribution in [-0.2, 0) is 10.0 Å². The molecule has 0 aliphatic carbocycles. The summed E-state index contributed by atoms with van der Waals surface area (Å²) in [6, 6.07) is 8.40. The fourth-order valence-electron chi connectivity index (χ4n) is 1.93. The van der Waals surface area contributed by atoms with Crippen molar-refractivity contribution in [2.24, 2.45) is 0 Å². The maximum absolute atomic E-state index is 12.2. The Morgan fingerprint density at radius 2 is 1.95 bits per heavy atom. The molecule has 0 aliphatic heterocycles. The minimum atomic E-state index is -3.59. The first-order valence-corrected chi connectivity index (χ1v) is 8.27. The number of amides is 1. The summed E-state index contributed by atoms with van der Waals surface area (Å²) in [4.78, 5) is 11.9. The number of nitrogens with one attached hydrogen (secondary N) is 2. The summed E-state index contributed by atoms with van der Waals surface area (Å²) in [6.45, 7) is 3.85. The zero-order valence-corrected chi connectivity index (χ0v) is 13.2. The average molecular weight is 322 g/mol. The molecular weight excluding hydrogens is 304 g/mol. The third-order valence-electron chi connectivity index (χ3n) is 3.08. The molecule has 0 atom stereocenters. The van der Waals surface area contributed by atoms with Crippen molar-refractivity contribution < 1.29 is 17.6 Å². The number of rotatable bonds is 6. The molecule has 0 fully saturated rings. The number of hydrogen-bond acceptors (Lipinski definition) is 4. The molecule has 6 nitrogen and oxygen atoms in total.